The number of nitro groups is 1. The van der Waals surface area contributed by atoms with Crippen LogP contribution >= 0.6 is 11.8 Å². The minimum Gasteiger partial charge on any atom is -0.493 e. The molecule has 0 aliphatic heterocycles. The number of nitro benzene ring substituents is 1. The Morgan fingerprint density at radius 3 is 2.65 bits per heavy atom. The Balaban J connectivity index is 2.14. The molecule has 1 N–H and O–H groups in total. The van der Waals surface area contributed by atoms with E-state index in [0.29, 0.717) is 10.6 Å². The largest absolute Gasteiger partial charge is 0.493 e. The molecule has 0 aliphatic rings. The van der Waals surface area contributed by atoms with Gasteiger partial charge in [-0.2, -0.15) is 5.26 Å². The fraction of sp³-hybridized carbons (Fsp3) is 0.250. The zero-order valence-corrected chi connectivity index (χ0v) is 17.6. The van der Waals surface area contributed by atoms with Gasteiger partial charge in [0.25, 0.3) is 11.6 Å². The number of benzene rings is 2. The van der Waals surface area contributed by atoms with Crippen molar-refractivity contribution in [3.63, 3.8) is 0 Å². The molecule has 10 nitrogen and oxygen atoms in total. The lowest BCUT2D eigenvalue weighted by molar-refractivity contribution is -0.385. The summed E-state index contributed by atoms with van der Waals surface area (Å²) in [5, 5.41) is 22.7. The molecule has 31 heavy (non-hydrogen) atoms. The van der Waals surface area contributed by atoms with E-state index >= 15 is 0 Å². The summed E-state index contributed by atoms with van der Waals surface area (Å²) < 4.78 is 15.4. The van der Waals surface area contributed by atoms with Crippen LogP contribution in [0.15, 0.2) is 41.3 Å². The predicted octanol–water partition coefficient (Wildman–Crippen LogP) is 3.41. The number of hydrogen-bond donors (Lipinski definition) is 1. The minimum atomic E-state index is -1.06. The summed E-state index contributed by atoms with van der Waals surface area (Å²) in [7, 11) is 1.32. The van der Waals surface area contributed by atoms with Crippen molar-refractivity contribution >= 4 is 35.0 Å². The normalized spacial score (nSPS) is 9.97. The van der Waals surface area contributed by atoms with Gasteiger partial charge in [-0.1, -0.05) is 12.1 Å². The number of ether oxygens (including phenoxy) is 3. The van der Waals surface area contributed by atoms with E-state index in [-0.39, 0.29) is 29.4 Å². The van der Waals surface area contributed by atoms with Crippen LogP contribution in [0, 0.1) is 21.4 Å². The van der Waals surface area contributed by atoms with Crippen LogP contribution in [-0.4, -0.2) is 42.9 Å². The van der Waals surface area contributed by atoms with Gasteiger partial charge < -0.3 is 19.5 Å². The van der Waals surface area contributed by atoms with Gasteiger partial charge in [0.1, 0.15) is 5.56 Å². The molecule has 1 amide bonds. The quantitative estimate of drug-likeness (QED) is 0.252. The number of rotatable bonds is 10. The van der Waals surface area contributed by atoms with E-state index in [1.807, 2.05) is 6.07 Å². The molecule has 0 atom stereocenters. The summed E-state index contributed by atoms with van der Waals surface area (Å²) in [6, 6.07) is 11.0. The highest BCUT2D eigenvalue weighted by Crippen LogP contribution is 2.35. The second-order valence-corrected chi connectivity index (χ2v) is 6.79. The van der Waals surface area contributed by atoms with Gasteiger partial charge in [-0.05, 0) is 19.1 Å². The summed E-state index contributed by atoms with van der Waals surface area (Å²) in [6.07, 6.45) is 0. The highest BCUT2D eigenvalue weighted by Gasteiger charge is 2.26. The van der Waals surface area contributed by atoms with Gasteiger partial charge in [0.15, 0.2) is 18.1 Å². The average Bonchev–Trinajstić information content (AvgIpc) is 2.76. The molecule has 0 radical (unpaired) electrons. The number of anilines is 1. The van der Waals surface area contributed by atoms with Crippen LogP contribution in [0.1, 0.15) is 17.3 Å². The SMILES string of the molecule is CCOc1cc(C(=O)OCC(=O)Nc2ccccc2SCC#N)c([N+](=O)[O-])cc1OC. The first-order chi connectivity index (χ1) is 14.9. The van der Waals surface area contributed by atoms with Crippen LogP contribution in [0.4, 0.5) is 11.4 Å². The first-order valence-corrected chi connectivity index (χ1v) is 9.94. The molecule has 0 unspecified atom stereocenters. The Kier molecular flexibility index (Phi) is 8.65. The van der Waals surface area contributed by atoms with Crippen molar-refractivity contribution in [1.29, 1.82) is 5.26 Å². The van der Waals surface area contributed by atoms with Gasteiger partial charge in [0.05, 0.1) is 42.2 Å². The van der Waals surface area contributed by atoms with E-state index in [0.717, 1.165) is 12.1 Å². The van der Waals surface area contributed by atoms with E-state index in [1.165, 1.54) is 18.9 Å². The lowest BCUT2D eigenvalue weighted by atomic mass is 10.1. The number of nitrogens with one attached hydrogen (secondary N) is 1. The number of methoxy groups -OCH3 is 1. The summed E-state index contributed by atoms with van der Waals surface area (Å²) in [5.74, 6) is -1.27. The average molecular weight is 445 g/mol. The molecular formula is C20H19N3O7S. The summed E-state index contributed by atoms with van der Waals surface area (Å²) >= 11 is 1.24. The third-order valence-corrected chi connectivity index (χ3v) is 4.73. The van der Waals surface area contributed by atoms with Crippen molar-refractivity contribution in [2.24, 2.45) is 0 Å². The van der Waals surface area contributed by atoms with Gasteiger partial charge in [-0.15, -0.1) is 11.8 Å². The van der Waals surface area contributed by atoms with E-state index in [4.69, 9.17) is 19.5 Å². The number of nitriles is 1. The first kappa shape index (κ1) is 23.5. The number of thioether (sulfide) groups is 1. The summed E-state index contributed by atoms with van der Waals surface area (Å²) in [4.78, 5) is 36.0. The van der Waals surface area contributed by atoms with Crippen molar-refractivity contribution in [1.82, 2.24) is 0 Å². The van der Waals surface area contributed by atoms with E-state index in [2.05, 4.69) is 5.32 Å². The van der Waals surface area contributed by atoms with Crippen LogP contribution in [0.2, 0.25) is 0 Å². The zero-order chi connectivity index (χ0) is 22.8. The summed E-state index contributed by atoms with van der Waals surface area (Å²) in [6.45, 7) is 1.29. The molecule has 0 aromatic heterocycles. The van der Waals surface area contributed by atoms with Crippen molar-refractivity contribution in [2.75, 3.05) is 31.4 Å². The lowest BCUT2D eigenvalue weighted by Crippen LogP contribution is -2.21. The van der Waals surface area contributed by atoms with Crippen molar-refractivity contribution in [3.8, 4) is 17.6 Å². The van der Waals surface area contributed by atoms with E-state index in [1.54, 1.807) is 31.2 Å². The van der Waals surface area contributed by atoms with Crippen LogP contribution in [0.25, 0.3) is 0 Å². The second kappa shape index (κ2) is 11.4. The van der Waals surface area contributed by atoms with Gasteiger partial charge in [0, 0.05) is 11.0 Å². The number of esters is 1. The molecule has 162 valence electrons. The highest BCUT2D eigenvalue weighted by atomic mass is 32.2. The Hall–Kier alpha value is -3.78. The van der Waals surface area contributed by atoms with E-state index < -0.39 is 29.1 Å². The Bertz CT molecular complexity index is 1020. The molecule has 2 aromatic carbocycles. The van der Waals surface area contributed by atoms with Crippen molar-refractivity contribution in [2.45, 2.75) is 11.8 Å². The van der Waals surface area contributed by atoms with Crippen LogP contribution in [0.5, 0.6) is 11.5 Å². The molecule has 0 bridgehead atoms. The molecule has 0 heterocycles. The van der Waals surface area contributed by atoms with Crippen molar-refractivity contribution < 1.29 is 28.7 Å². The number of carbonyl (C=O) groups is 2. The van der Waals surface area contributed by atoms with E-state index in [9.17, 15) is 19.7 Å². The first-order valence-electron chi connectivity index (χ1n) is 8.96. The van der Waals surface area contributed by atoms with Gasteiger partial charge in [-0.3, -0.25) is 14.9 Å². The smallest absolute Gasteiger partial charge is 0.345 e. The molecule has 0 spiro atoms. The third kappa shape index (κ3) is 6.35. The monoisotopic (exact) mass is 445 g/mol. The van der Waals surface area contributed by atoms with Gasteiger partial charge in [0.2, 0.25) is 0 Å². The number of hydrogen-bond acceptors (Lipinski definition) is 9. The maximum atomic E-state index is 12.4. The predicted molar refractivity (Wildman–Crippen MR) is 113 cm³/mol. The molecule has 0 aliphatic carbocycles. The molecule has 2 rings (SSSR count). The number of nitrogens with zero attached hydrogens (tertiary/aromatic N) is 2. The Labute approximate surface area is 182 Å². The Morgan fingerprint density at radius 1 is 1.26 bits per heavy atom. The van der Waals surface area contributed by atoms with Crippen LogP contribution < -0.4 is 14.8 Å². The minimum absolute atomic E-state index is 0.0920. The molecule has 11 heteroatoms. The van der Waals surface area contributed by atoms with Gasteiger partial charge in [-0.25, -0.2) is 4.79 Å². The fourth-order valence-corrected chi connectivity index (χ4v) is 3.16. The Morgan fingerprint density at radius 2 is 2.00 bits per heavy atom. The van der Waals surface area contributed by atoms with Gasteiger partial charge >= 0.3 is 5.97 Å². The lowest BCUT2D eigenvalue weighted by Gasteiger charge is -2.12. The standard InChI is InChI=1S/C20H19N3O7S/c1-3-29-17-10-13(15(23(26)27)11-16(17)28-2)20(25)30-12-19(24)22-14-6-4-5-7-18(14)31-9-8-21/h4-7,10-11H,3,9,12H2,1-2H3,(H,22,24). The molecular weight excluding hydrogens is 426 g/mol. The second-order valence-electron chi connectivity index (χ2n) is 5.78. The molecule has 0 saturated carbocycles. The maximum absolute atomic E-state index is 12.4. The van der Waals surface area contributed by atoms with Crippen LogP contribution in [0.3, 0.4) is 0 Å². The maximum Gasteiger partial charge on any atom is 0.345 e. The van der Waals surface area contributed by atoms with Crippen molar-refractivity contribution in [3.05, 3.63) is 52.1 Å². The number of carbonyl (C=O) groups excluding carboxylic acids is 2. The fourth-order valence-electron chi connectivity index (χ4n) is 2.49. The number of amides is 1. The zero-order valence-electron chi connectivity index (χ0n) is 16.7. The molecule has 0 saturated heterocycles. The molecule has 0 fully saturated rings. The number of para-hydroxylation sites is 1. The summed E-state index contributed by atoms with van der Waals surface area (Å²) in [5.41, 5.74) is -0.450. The third-order valence-electron chi connectivity index (χ3n) is 3.79. The molecule has 2 aromatic rings. The van der Waals surface area contributed by atoms with Crippen LogP contribution in [-0.2, 0) is 9.53 Å². The topological polar surface area (TPSA) is 141 Å². The highest BCUT2D eigenvalue weighted by molar-refractivity contribution is 7.99.